The van der Waals surface area contributed by atoms with Crippen molar-refractivity contribution in [3.63, 3.8) is 0 Å². The molecule has 1 heterocycles. The van der Waals surface area contributed by atoms with Gasteiger partial charge in [0.1, 0.15) is 11.5 Å². The summed E-state index contributed by atoms with van der Waals surface area (Å²) in [6, 6.07) is 13.2. The third-order valence-corrected chi connectivity index (χ3v) is 3.57. The van der Waals surface area contributed by atoms with E-state index in [0.717, 1.165) is 33.6 Å². The Labute approximate surface area is 129 Å². The number of aromatic nitrogens is 1. The molecule has 0 aliphatic heterocycles. The molecule has 0 unspecified atom stereocenters. The van der Waals surface area contributed by atoms with Crippen LogP contribution in [0, 0.1) is 13.8 Å². The second kappa shape index (κ2) is 5.56. The van der Waals surface area contributed by atoms with E-state index >= 15 is 0 Å². The van der Waals surface area contributed by atoms with Crippen LogP contribution in [0.1, 0.15) is 11.3 Å². The average molecular weight is 294 g/mol. The molecule has 3 rings (SSSR count). The summed E-state index contributed by atoms with van der Waals surface area (Å²) < 4.78 is 5.30. The second-order valence-corrected chi connectivity index (χ2v) is 5.34. The molecule has 112 valence electrons. The van der Waals surface area contributed by atoms with Gasteiger partial charge < -0.3 is 15.2 Å². The largest absolute Gasteiger partial charge is 0.506 e. The van der Waals surface area contributed by atoms with Crippen LogP contribution in [0.2, 0.25) is 0 Å². The van der Waals surface area contributed by atoms with E-state index in [-0.39, 0.29) is 5.75 Å². The predicted octanol–water partition coefficient (Wildman–Crippen LogP) is 4.31. The number of aryl methyl sites for hydroxylation is 2. The van der Waals surface area contributed by atoms with Crippen molar-refractivity contribution in [1.29, 1.82) is 0 Å². The molecule has 0 aliphatic carbocycles. The molecule has 0 radical (unpaired) electrons. The molecule has 2 aromatic carbocycles. The van der Waals surface area contributed by atoms with Gasteiger partial charge in [-0.3, -0.25) is 4.98 Å². The zero-order valence-corrected chi connectivity index (χ0v) is 12.8. The number of benzene rings is 2. The fourth-order valence-electron chi connectivity index (χ4n) is 2.46. The molecule has 22 heavy (non-hydrogen) atoms. The van der Waals surface area contributed by atoms with Gasteiger partial charge in [0.25, 0.3) is 0 Å². The average Bonchev–Trinajstić information content (AvgIpc) is 2.50. The van der Waals surface area contributed by atoms with Crippen LogP contribution in [-0.4, -0.2) is 17.2 Å². The zero-order chi connectivity index (χ0) is 15.7. The molecular weight excluding hydrogens is 276 g/mol. The van der Waals surface area contributed by atoms with Crippen LogP contribution in [0.25, 0.3) is 10.9 Å². The molecule has 0 atom stereocenters. The fourth-order valence-corrected chi connectivity index (χ4v) is 2.46. The van der Waals surface area contributed by atoms with Crippen molar-refractivity contribution >= 4 is 22.3 Å². The molecule has 0 bridgehead atoms. The lowest BCUT2D eigenvalue weighted by molar-refractivity contribution is 0.415. The molecule has 0 saturated heterocycles. The van der Waals surface area contributed by atoms with Gasteiger partial charge in [0, 0.05) is 16.8 Å². The Hall–Kier alpha value is -2.75. The lowest BCUT2D eigenvalue weighted by Gasteiger charge is -2.13. The highest BCUT2D eigenvalue weighted by Gasteiger charge is 2.08. The van der Waals surface area contributed by atoms with Crippen LogP contribution in [0.3, 0.4) is 0 Å². The first-order chi connectivity index (χ1) is 10.6. The third-order valence-electron chi connectivity index (χ3n) is 3.57. The monoisotopic (exact) mass is 294 g/mol. The predicted molar refractivity (Wildman–Crippen MR) is 89.2 cm³/mol. The number of nitrogens with zero attached hydrogens (tertiary/aromatic N) is 1. The third kappa shape index (κ3) is 2.68. The van der Waals surface area contributed by atoms with E-state index in [1.165, 1.54) is 0 Å². The first kappa shape index (κ1) is 14.2. The number of nitrogens with one attached hydrogen (secondary N) is 1. The Kier molecular flexibility index (Phi) is 3.59. The normalized spacial score (nSPS) is 10.7. The standard InChI is InChI=1S/C18H18N2O2/c1-11-4-7-18(21)17(8-11)20-16-9-12(2)19-15-6-5-13(22-3)10-14(15)16/h4-10,21H,1-3H3,(H,19,20). The number of aromatic hydroxyl groups is 1. The summed E-state index contributed by atoms with van der Waals surface area (Å²) in [6.45, 7) is 3.94. The minimum atomic E-state index is 0.219. The van der Waals surface area contributed by atoms with Crippen LogP contribution < -0.4 is 10.1 Å². The maximum absolute atomic E-state index is 10.0. The Bertz CT molecular complexity index is 844. The number of phenols is 1. The first-order valence-corrected chi connectivity index (χ1v) is 7.09. The van der Waals surface area contributed by atoms with Gasteiger partial charge in [0.15, 0.2) is 0 Å². The summed E-state index contributed by atoms with van der Waals surface area (Å²) in [5.41, 5.74) is 4.44. The highest BCUT2D eigenvalue weighted by Crippen LogP contribution is 2.33. The summed E-state index contributed by atoms with van der Waals surface area (Å²) in [6.07, 6.45) is 0. The molecule has 1 aromatic heterocycles. The molecule has 0 spiro atoms. The quantitative estimate of drug-likeness (QED) is 0.707. The highest BCUT2D eigenvalue weighted by molar-refractivity contribution is 5.94. The molecule has 0 saturated carbocycles. The number of pyridine rings is 1. The van der Waals surface area contributed by atoms with Crippen molar-refractivity contribution in [2.24, 2.45) is 0 Å². The lowest BCUT2D eigenvalue weighted by Crippen LogP contribution is -1.96. The topological polar surface area (TPSA) is 54.4 Å². The number of phenolic OH excluding ortho intramolecular Hbond substituents is 1. The molecule has 3 aromatic rings. The van der Waals surface area contributed by atoms with Gasteiger partial charge in [-0.05, 0) is 55.8 Å². The molecule has 0 amide bonds. The SMILES string of the molecule is COc1ccc2nc(C)cc(Nc3cc(C)ccc3O)c2c1. The summed E-state index contributed by atoms with van der Waals surface area (Å²) in [7, 11) is 1.64. The van der Waals surface area contributed by atoms with Crippen LogP contribution in [0.15, 0.2) is 42.5 Å². The minimum absolute atomic E-state index is 0.219. The van der Waals surface area contributed by atoms with Crippen LogP contribution in [-0.2, 0) is 0 Å². The van der Waals surface area contributed by atoms with Crippen LogP contribution in [0.4, 0.5) is 11.4 Å². The van der Waals surface area contributed by atoms with E-state index in [2.05, 4.69) is 10.3 Å². The number of rotatable bonds is 3. The first-order valence-electron chi connectivity index (χ1n) is 7.09. The lowest BCUT2D eigenvalue weighted by atomic mass is 10.1. The van der Waals surface area contributed by atoms with E-state index in [9.17, 15) is 5.11 Å². The van der Waals surface area contributed by atoms with Crippen molar-refractivity contribution in [3.05, 3.63) is 53.7 Å². The summed E-state index contributed by atoms with van der Waals surface area (Å²) >= 11 is 0. The molecule has 0 aliphatic rings. The molecule has 0 fully saturated rings. The minimum Gasteiger partial charge on any atom is -0.506 e. The summed E-state index contributed by atoms with van der Waals surface area (Å²) in [5.74, 6) is 0.991. The molecule has 4 nitrogen and oxygen atoms in total. The Morgan fingerprint density at radius 2 is 1.82 bits per heavy atom. The van der Waals surface area contributed by atoms with E-state index in [0.29, 0.717) is 5.69 Å². The zero-order valence-electron chi connectivity index (χ0n) is 12.8. The van der Waals surface area contributed by atoms with Gasteiger partial charge >= 0.3 is 0 Å². The van der Waals surface area contributed by atoms with E-state index in [1.54, 1.807) is 13.2 Å². The van der Waals surface area contributed by atoms with Gasteiger partial charge in [-0.2, -0.15) is 0 Å². The Balaban J connectivity index is 2.14. The smallest absolute Gasteiger partial charge is 0.139 e. The maximum Gasteiger partial charge on any atom is 0.139 e. The Morgan fingerprint density at radius 3 is 2.59 bits per heavy atom. The van der Waals surface area contributed by atoms with Crippen molar-refractivity contribution in [1.82, 2.24) is 4.98 Å². The van der Waals surface area contributed by atoms with E-state index in [4.69, 9.17) is 4.74 Å². The van der Waals surface area contributed by atoms with Gasteiger partial charge in [-0.25, -0.2) is 0 Å². The van der Waals surface area contributed by atoms with Crippen molar-refractivity contribution in [2.75, 3.05) is 12.4 Å². The van der Waals surface area contributed by atoms with Crippen LogP contribution >= 0.6 is 0 Å². The summed E-state index contributed by atoms with van der Waals surface area (Å²) in [4.78, 5) is 4.54. The van der Waals surface area contributed by atoms with Crippen LogP contribution in [0.5, 0.6) is 11.5 Å². The van der Waals surface area contributed by atoms with E-state index in [1.807, 2.05) is 50.2 Å². The van der Waals surface area contributed by atoms with Gasteiger partial charge in [0.2, 0.25) is 0 Å². The van der Waals surface area contributed by atoms with E-state index < -0.39 is 0 Å². The number of hydrogen-bond donors (Lipinski definition) is 2. The maximum atomic E-state index is 10.0. The molecule has 2 N–H and O–H groups in total. The Morgan fingerprint density at radius 1 is 1.00 bits per heavy atom. The number of ether oxygens (including phenoxy) is 1. The number of methoxy groups -OCH3 is 1. The van der Waals surface area contributed by atoms with Gasteiger partial charge in [0.05, 0.1) is 18.3 Å². The van der Waals surface area contributed by atoms with Gasteiger partial charge in [-0.15, -0.1) is 0 Å². The van der Waals surface area contributed by atoms with Crippen molar-refractivity contribution in [2.45, 2.75) is 13.8 Å². The second-order valence-electron chi connectivity index (χ2n) is 5.34. The number of fused-ring (bicyclic) bond motifs is 1. The molecule has 4 heteroatoms. The number of hydrogen-bond acceptors (Lipinski definition) is 4. The van der Waals surface area contributed by atoms with Crippen molar-refractivity contribution in [3.8, 4) is 11.5 Å². The van der Waals surface area contributed by atoms with Gasteiger partial charge in [-0.1, -0.05) is 6.07 Å². The number of anilines is 2. The highest BCUT2D eigenvalue weighted by atomic mass is 16.5. The fraction of sp³-hybridized carbons (Fsp3) is 0.167. The molecular formula is C18H18N2O2. The summed E-state index contributed by atoms with van der Waals surface area (Å²) in [5, 5.41) is 14.3. The van der Waals surface area contributed by atoms with Crippen molar-refractivity contribution < 1.29 is 9.84 Å².